The van der Waals surface area contributed by atoms with E-state index in [1.165, 1.54) is 6.20 Å². The van der Waals surface area contributed by atoms with E-state index < -0.39 is 15.1 Å². The largest absolute Gasteiger partial charge is 0.507 e. The second-order valence-corrected chi connectivity index (χ2v) is 12.3. The van der Waals surface area contributed by atoms with Gasteiger partial charge in [-0.1, -0.05) is 23.4 Å². The zero-order chi connectivity index (χ0) is 27.6. The lowest BCUT2D eigenvalue weighted by Crippen LogP contribution is -2.34. The summed E-state index contributed by atoms with van der Waals surface area (Å²) in [6.45, 7) is 5.47. The van der Waals surface area contributed by atoms with Crippen molar-refractivity contribution in [3.05, 3.63) is 60.3 Å². The maximum Gasteiger partial charge on any atom is 0.189 e. The van der Waals surface area contributed by atoms with Crippen molar-refractivity contribution < 1.29 is 22.8 Å². The van der Waals surface area contributed by atoms with E-state index in [4.69, 9.17) is 15.0 Å². The number of sulfone groups is 1. The fraction of sp³-hybridized carbons (Fsp3) is 0.321. The molecule has 11 heteroatoms. The zero-order valence-electron chi connectivity index (χ0n) is 21.8. The third kappa shape index (κ3) is 5.80. The number of ether oxygens (including phenoxy) is 1. The van der Waals surface area contributed by atoms with Crippen molar-refractivity contribution in [1.82, 2.24) is 20.4 Å². The smallest absolute Gasteiger partial charge is 0.189 e. The van der Waals surface area contributed by atoms with E-state index in [2.05, 4.69) is 20.4 Å². The molecule has 204 valence electrons. The van der Waals surface area contributed by atoms with E-state index >= 15 is 0 Å². The number of hydrogen-bond donors (Lipinski definition) is 3. The maximum absolute atomic E-state index is 12.4. The Morgan fingerprint density at radius 1 is 1.08 bits per heavy atom. The van der Waals surface area contributed by atoms with Crippen LogP contribution in [0.25, 0.3) is 34.0 Å². The molecule has 0 radical (unpaired) electrons. The van der Waals surface area contributed by atoms with E-state index in [0.29, 0.717) is 46.6 Å². The van der Waals surface area contributed by atoms with Gasteiger partial charge in [-0.25, -0.2) is 18.4 Å². The van der Waals surface area contributed by atoms with Gasteiger partial charge in [0.05, 0.1) is 22.0 Å². The molecular weight excluding hydrogens is 518 g/mol. The summed E-state index contributed by atoms with van der Waals surface area (Å²) in [4.78, 5) is 9.09. The van der Waals surface area contributed by atoms with Crippen molar-refractivity contribution in [2.75, 3.05) is 18.9 Å². The molecule has 0 unspecified atom stereocenters. The normalized spacial score (nSPS) is 14.6. The van der Waals surface area contributed by atoms with Gasteiger partial charge >= 0.3 is 0 Å². The number of nitrogens with two attached hydrogens (primary N) is 1. The standard InChI is InChI=1S/C28H31N5O5S/c1-17(2)39(35,36)21-6-4-19(5-7-21)24-16-31-28(29)27(32-24)26-14-23(33-38-26)22-8-3-18(13-25(22)34)15-30-20-9-11-37-12-10-20/h3-8,13-14,16-17,20,30,34H,9-12,15H2,1-2H3,(H2,29,31). The van der Waals surface area contributed by atoms with Crippen LogP contribution >= 0.6 is 0 Å². The first-order valence-electron chi connectivity index (χ1n) is 12.8. The molecule has 1 fully saturated rings. The van der Waals surface area contributed by atoms with Gasteiger partial charge in [0.1, 0.15) is 11.4 Å². The van der Waals surface area contributed by atoms with Gasteiger partial charge < -0.3 is 25.4 Å². The molecule has 0 spiro atoms. The Hall–Kier alpha value is -3.80. The number of benzene rings is 2. The van der Waals surface area contributed by atoms with Crippen LogP contribution in [0.15, 0.2) is 64.1 Å². The van der Waals surface area contributed by atoms with Crippen LogP contribution in [0.1, 0.15) is 32.3 Å². The van der Waals surface area contributed by atoms with Gasteiger partial charge in [0.2, 0.25) is 0 Å². The lowest BCUT2D eigenvalue weighted by atomic mass is 10.1. The van der Waals surface area contributed by atoms with Gasteiger partial charge in [0.25, 0.3) is 0 Å². The summed E-state index contributed by atoms with van der Waals surface area (Å²) in [7, 11) is -3.38. The molecule has 3 heterocycles. The molecule has 5 rings (SSSR count). The Morgan fingerprint density at radius 2 is 1.82 bits per heavy atom. The fourth-order valence-electron chi connectivity index (χ4n) is 4.39. The summed E-state index contributed by atoms with van der Waals surface area (Å²) < 4.78 is 35.8. The van der Waals surface area contributed by atoms with Gasteiger partial charge in [-0.15, -0.1) is 0 Å². The number of nitrogens with zero attached hydrogens (tertiary/aromatic N) is 3. The van der Waals surface area contributed by atoms with Crippen LogP contribution in [0, 0.1) is 0 Å². The average Bonchev–Trinajstić information content (AvgIpc) is 3.42. The highest BCUT2D eigenvalue weighted by Crippen LogP contribution is 2.34. The molecule has 10 nitrogen and oxygen atoms in total. The van der Waals surface area contributed by atoms with Crippen molar-refractivity contribution in [3.8, 4) is 39.7 Å². The molecule has 4 aromatic rings. The third-order valence-electron chi connectivity index (χ3n) is 6.80. The molecule has 2 aromatic heterocycles. The van der Waals surface area contributed by atoms with Crippen molar-refractivity contribution in [2.24, 2.45) is 0 Å². The Labute approximate surface area is 227 Å². The maximum atomic E-state index is 12.4. The second-order valence-electron chi connectivity index (χ2n) is 9.80. The quantitative estimate of drug-likeness (QED) is 0.291. The summed E-state index contributed by atoms with van der Waals surface area (Å²) in [6.07, 6.45) is 3.47. The molecular formula is C28H31N5O5S. The number of rotatable bonds is 8. The number of anilines is 1. The lowest BCUT2D eigenvalue weighted by Gasteiger charge is -2.23. The average molecular weight is 550 g/mol. The van der Waals surface area contributed by atoms with Crippen LogP contribution in [0.2, 0.25) is 0 Å². The summed E-state index contributed by atoms with van der Waals surface area (Å²) in [5.41, 5.74) is 9.47. The van der Waals surface area contributed by atoms with E-state index in [9.17, 15) is 13.5 Å². The lowest BCUT2D eigenvalue weighted by molar-refractivity contribution is 0.0776. The Balaban J connectivity index is 1.35. The predicted octanol–water partition coefficient (Wildman–Crippen LogP) is 4.20. The number of phenols is 1. The monoisotopic (exact) mass is 549 g/mol. The van der Waals surface area contributed by atoms with Crippen LogP contribution in [0.4, 0.5) is 5.82 Å². The van der Waals surface area contributed by atoms with E-state index in [-0.39, 0.29) is 16.5 Å². The SMILES string of the molecule is CC(C)S(=O)(=O)c1ccc(-c2cnc(N)c(-c3cc(-c4ccc(CNC5CCOCC5)cc4O)no3)n2)cc1. The summed E-state index contributed by atoms with van der Waals surface area (Å²) >= 11 is 0. The van der Waals surface area contributed by atoms with Crippen molar-refractivity contribution in [3.63, 3.8) is 0 Å². The number of nitrogens with one attached hydrogen (secondary N) is 1. The highest BCUT2D eigenvalue weighted by molar-refractivity contribution is 7.92. The molecule has 1 aliphatic rings. The molecule has 0 saturated carbocycles. The van der Waals surface area contributed by atoms with Gasteiger partial charge in [-0.05, 0) is 56.5 Å². The predicted molar refractivity (Wildman–Crippen MR) is 147 cm³/mol. The highest BCUT2D eigenvalue weighted by Gasteiger charge is 2.20. The second kappa shape index (κ2) is 11.1. The third-order valence-corrected chi connectivity index (χ3v) is 8.97. The summed E-state index contributed by atoms with van der Waals surface area (Å²) in [5.74, 6) is 0.533. The highest BCUT2D eigenvalue weighted by atomic mass is 32.2. The van der Waals surface area contributed by atoms with E-state index in [0.717, 1.165) is 31.6 Å². The van der Waals surface area contributed by atoms with Crippen molar-refractivity contribution in [2.45, 2.75) is 49.4 Å². The van der Waals surface area contributed by atoms with E-state index in [1.54, 1.807) is 56.3 Å². The minimum atomic E-state index is -3.38. The van der Waals surface area contributed by atoms with E-state index in [1.807, 2.05) is 6.07 Å². The van der Waals surface area contributed by atoms with Gasteiger partial charge in [-0.2, -0.15) is 0 Å². The summed E-state index contributed by atoms with van der Waals surface area (Å²) in [5, 5.41) is 17.8. The number of nitrogen functional groups attached to an aromatic ring is 1. The van der Waals surface area contributed by atoms with Crippen LogP contribution in [0.5, 0.6) is 5.75 Å². The Morgan fingerprint density at radius 3 is 2.51 bits per heavy atom. The number of hydrogen-bond acceptors (Lipinski definition) is 10. The zero-order valence-corrected chi connectivity index (χ0v) is 22.6. The first-order chi connectivity index (χ1) is 18.7. The Kier molecular flexibility index (Phi) is 7.65. The number of phenolic OH excluding ortho intramolecular Hbond substituents is 1. The van der Waals surface area contributed by atoms with Crippen molar-refractivity contribution in [1.29, 1.82) is 0 Å². The van der Waals surface area contributed by atoms with Crippen LogP contribution in [-0.2, 0) is 21.1 Å². The van der Waals surface area contributed by atoms with Crippen LogP contribution in [-0.4, -0.2) is 53.2 Å². The first-order valence-corrected chi connectivity index (χ1v) is 14.3. The molecule has 4 N–H and O–H groups in total. The van der Waals surface area contributed by atoms with Gasteiger partial charge in [-0.3, -0.25) is 0 Å². The molecule has 0 aliphatic carbocycles. The molecule has 2 aromatic carbocycles. The molecule has 0 bridgehead atoms. The molecule has 1 aliphatic heterocycles. The number of aromatic nitrogens is 3. The van der Waals surface area contributed by atoms with Crippen LogP contribution < -0.4 is 11.1 Å². The summed E-state index contributed by atoms with van der Waals surface area (Å²) in [6, 6.07) is 14.0. The molecule has 0 amide bonds. The Bertz CT molecular complexity index is 1560. The molecule has 1 saturated heterocycles. The minimum Gasteiger partial charge on any atom is -0.507 e. The molecule has 0 atom stereocenters. The molecule has 39 heavy (non-hydrogen) atoms. The van der Waals surface area contributed by atoms with Crippen LogP contribution in [0.3, 0.4) is 0 Å². The van der Waals surface area contributed by atoms with Gasteiger partial charge in [0.15, 0.2) is 27.1 Å². The fourth-order valence-corrected chi connectivity index (χ4v) is 5.45. The number of aromatic hydroxyl groups is 1. The van der Waals surface area contributed by atoms with Gasteiger partial charge in [0, 0.05) is 43.0 Å². The first kappa shape index (κ1) is 26.8. The topological polar surface area (TPSA) is 153 Å². The van der Waals surface area contributed by atoms with Crippen molar-refractivity contribution >= 4 is 15.7 Å². The minimum absolute atomic E-state index is 0.0883.